The number of hydrogen-bond donors (Lipinski definition) is 0. The van der Waals surface area contributed by atoms with Gasteiger partial charge in [-0.3, -0.25) is 0 Å². The summed E-state index contributed by atoms with van der Waals surface area (Å²) in [7, 11) is 0. The second kappa shape index (κ2) is 65.8. The van der Waals surface area contributed by atoms with Crippen molar-refractivity contribution >= 4 is 49.2 Å². The number of hydrogen-bond acceptors (Lipinski definition) is 2. The van der Waals surface area contributed by atoms with E-state index in [4.69, 9.17) is 25.3 Å². The van der Waals surface area contributed by atoms with Gasteiger partial charge in [-0.2, -0.15) is 11.5 Å². The van der Waals surface area contributed by atoms with Gasteiger partial charge in [0.1, 0.15) is 0 Å². The third kappa shape index (κ3) is 78.0. The molecule has 0 aliphatic carbocycles. The molecule has 0 aromatic carbocycles. The predicted molar refractivity (Wildman–Crippen MR) is 230 cm³/mol. The van der Waals surface area contributed by atoms with Gasteiger partial charge >= 0.3 is 23.9 Å². The van der Waals surface area contributed by atoms with Gasteiger partial charge in [-0.15, -0.1) is 0 Å². The summed E-state index contributed by atoms with van der Waals surface area (Å²) in [6.07, 6.45) is 50.5. The van der Waals surface area contributed by atoms with E-state index in [0.29, 0.717) is 0 Å². The molecule has 3 heteroatoms. The molecule has 0 atom stereocenters. The van der Waals surface area contributed by atoms with Crippen molar-refractivity contribution in [2.75, 3.05) is 11.5 Å². The molecular formula is C44H92S2Sn. The Kier molecular flexibility index (Phi) is 81.0. The molecule has 0 aromatic rings. The van der Waals surface area contributed by atoms with Gasteiger partial charge in [-0.05, 0) is 0 Å². The van der Waals surface area contributed by atoms with Crippen LogP contribution in [0.1, 0.15) is 259 Å². The topological polar surface area (TPSA) is 0 Å². The monoisotopic (exact) mass is 805 g/mol. The molecule has 0 amide bonds. The largest absolute Gasteiger partial charge is 2.00 e. The zero-order chi connectivity index (χ0) is 34.9. The van der Waals surface area contributed by atoms with Crippen molar-refractivity contribution in [1.29, 1.82) is 0 Å². The summed E-state index contributed by atoms with van der Waals surface area (Å²) in [5, 5.41) is 0. The van der Waals surface area contributed by atoms with Crippen LogP contribution in [0, 0.1) is 13.8 Å². The molecule has 0 N–H and O–H groups in total. The Labute approximate surface area is 331 Å². The van der Waals surface area contributed by atoms with Gasteiger partial charge in [0.15, 0.2) is 0 Å². The van der Waals surface area contributed by atoms with E-state index in [2.05, 4.69) is 41.5 Å². The van der Waals surface area contributed by atoms with Crippen LogP contribution in [0.4, 0.5) is 0 Å². The average Bonchev–Trinajstić information content (AvgIpc) is 3.08. The van der Waals surface area contributed by atoms with Crippen LogP contribution < -0.4 is 0 Å². The molecule has 0 heterocycles. The van der Waals surface area contributed by atoms with Crippen LogP contribution in [0.5, 0.6) is 0 Å². The van der Waals surface area contributed by atoms with Gasteiger partial charge < -0.3 is 25.3 Å². The first-order valence-electron chi connectivity index (χ1n) is 21.4. The molecule has 0 rings (SSSR count). The van der Waals surface area contributed by atoms with Crippen LogP contribution in [0.3, 0.4) is 0 Å². The molecule has 0 aliphatic heterocycles. The Morgan fingerprint density at radius 3 is 0.489 bits per heavy atom. The molecule has 0 aliphatic rings. The van der Waals surface area contributed by atoms with E-state index in [1.807, 2.05) is 0 Å². The van der Waals surface area contributed by atoms with Crippen LogP contribution in [0.15, 0.2) is 0 Å². The van der Waals surface area contributed by atoms with Crippen molar-refractivity contribution in [2.45, 2.75) is 259 Å². The van der Waals surface area contributed by atoms with E-state index in [0.717, 1.165) is 24.3 Å². The van der Waals surface area contributed by atoms with Gasteiger partial charge in [0, 0.05) is 0 Å². The van der Waals surface area contributed by atoms with E-state index in [-0.39, 0.29) is 23.9 Å². The van der Waals surface area contributed by atoms with Crippen molar-refractivity contribution in [2.24, 2.45) is 0 Å². The molecule has 0 bridgehead atoms. The third-order valence-corrected chi connectivity index (χ3v) is 9.28. The molecule has 47 heavy (non-hydrogen) atoms. The second-order valence-corrected chi connectivity index (χ2v) is 14.5. The Morgan fingerprint density at radius 1 is 0.255 bits per heavy atom. The summed E-state index contributed by atoms with van der Waals surface area (Å²) >= 11 is 9.90. The standard InChI is InChI=1S/2C18H38S.2C4H9.Sn/c2*1-2-3-4-5-6-7-8-9-10-11-12-13-14-15-16-17-18-19;2*1-3-4-2;/h2*19H,2-18H2,1H3;2*1,3-4H2,2H3;/q;;;;+2/p-2. The second-order valence-electron chi connectivity index (χ2n) is 13.7. The normalized spacial score (nSPS) is 10.2. The summed E-state index contributed by atoms with van der Waals surface area (Å²) in [6.45, 7) is 16.0. The fraction of sp³-hybridized carbons (Fsp3) is 0.955. The van der Waals surface area contributed by atoms with Crippen LogP contribution in [0.2, 0.25) is 0 Å². The zero-order valence-electron chi connectivity index (χ0n) is 33.6. The van der Waals surface area contributed by atoms with Gasteiger partial charge in [0.05, 0.1) is 0 Å². The fourth-order valence-corrected chi connectivity index (χ4v) is 5.71. The maximum absolute atomic E-state index is 4.95. The molecular weight excluding hydrogens is 711 g/mol. The molecule has 284 valence electrons. The van der Waals surface area contributed by atoms with Crippen molar-refractivity contribution in [3.8, 4) is 0 Å². The Balaban J connectivity index is -0.000000200. The number of unbranched alkanes of at least 4 members (excludes halogenated alkanes) is 32. The van der Waals surface area contributed by atoms with Crippen molar-refractivity contribution in [3.05, 3.63) is 13.8 Å². The first kappa shape index (κ1) is 57.8. The first-order valence-corrected chi connectivity index (χ1v) is 22.6. The predicted octanol–water partition coefficient (Wildman–Crippen LogP) is 16.4. The quantitative estimate of drug-likeness (QED) is 0.0361. The van der Waals surface area contributed by atoms with Gasteiger partial charge in [0.25, 0.3) is 0 Å². The van der Waals surface area contributed by atoms with Crippen LogP contribution in [0.25, 0.3) is 0 Å². The Morgan fingerprint density at radius 2 is 0.383 bits per heavy atom. The summed E-state index contributed by atoms with van der Waals surface area (Å²) in [4.78, 5) is 0. The molecule has 4 radical (unpaired) electrons. The molecule has 0 spiro atoms. The van der Waals surface area contributed by atoms with Crippen molar-refractivity contribution < 1.29 is 0 Å². The SMILES string of the molecule is CCCCCCCCCCCCCCCCCC[S-].CCCCCCCCCCCCCCCCCC[S-].[CH2]CCC.[CH2]CCC.[Sn+2]. The van der Waals surface area contributed by atoms with E-state index in [1.54, 1.807) is 0 Å². The van der Waals surface area contributed by atoms with Crippen molar-refractivity contribution in [3.63, 3.8) is 0 Å². The molecule has 0 nitrogen and oxygen atoms in total. The molecule has 0 aromatic heterocycles. The van der Waals surface area contributed by atoms with E-state index < -0.39 is 0 Å². The van der Waals surface area contributed by atoms with Crippen LogP contribution in [-0.2, 0) is 25.3 Å². The average molecular weight is 804 g/mol. The third-order valence-electron chi connectivity index (χ3n) is 8.70. The first-order chi connectivity index (χ1) is 22.7. The summed E-state index contributed by atoms with van der Waals surface area (Å²) < 4.78 is 0. The smallest absolute Gasteiger partial charge is 0.793 e. The van der Waals surface area contributed by atoms with Crippen LogP contribution in [-0.4, -0.2) is 35.4 Å². The Hall–Kier alpha value is 1.50. The fourth-order valence-electron chi connectivity index (χ4n) is 5.30. The summed E-state index contributed by atoms with van der Waals surface area (Å²) in [5.74, 6) is 1.91. The van der Waals surface area contributed by atoms with Crippen molar-refractivity contribution in [1.82, 2.24) is 0 Å². The van der Waals surface area contributed by atoms with Gasteiger partial charge in [0.2, 0.25) is 0 Å². The van der Waals surface area contributed by atoms with Gasteiger partial charge in [-0.1, -0.05) is 273 Å². The maximum atomic E-state index is 4.95. The maximum Gasteiger partial charge on any atom is 2.00 e. The minimum atomic E-state index is 0. The Bertz CT molecular complexity index is 344. The van der Waals surface area contributed by atoms with E-state index in [1.165, 1.54) is 218 Å². The van der Waals surface area contributed by atoms with E-state index >= 15 is 0 Å². The molecule has 0 saturated carbocycles. The van der Waals surface area contributed by atoms with E-state index in [9.17, 15) is 0 Å². The molecule has 0 saturated heterocycles. The molecule has 0 fully saturated rings. The summed E-state index contributed by atoms with van der Waals surface area (Å²) in [5.41, 5.74) is 0. The minimum Gasteiger partial charge on any atom is -0.793 e. The minimum absolute atomic E-state index is 0. The van der Waals surface area contributed by atoms with Crippen LogP contribution >= 0.6 is 0 Å². The van der Waals surface area contributed by atoms with Gasteiger partial charge in [-0.25, -0.2) is 0 Å². The summed E-state index contributed by atoms with van der Waals surface area (Å²) in [6, 6.07) is 0. The number of rotatable bonds is 34. The zero-order valence-corrected chi connectivity index (χ0v) is 38.1. The molecule has 0 unspecified atom stereocenters.